The summed E-state index contributed by atoms with van der Waals surface area (Å²) in [6.45, 7) is 3.93. The van der Waals surface area contributed by atoms with Crippen molar-refractivity contribution >= 4 is 27.0 Å². The van der Waals surface area contributed by atoms with Gasteiger partial charge in [0.15, 0.2) is 5.65 Å². The molecule has 0 aliphatic carbocycles. The van der Waals surface area contributed by atoms with E-state index in [0.717, 1.165) is 32.2 Å². The molecule has 3 rings (SSSR count). The maximum Gasteiger partial charge on any atom is 0.155 e. The van der Waals surface area contributed by atoms with Crippen molar-refractivity contribution in [1.29, 1.82) is 0 Å². The molecule has 3 nitrogen and oxygen atoms in total. The van der Waals surface area contributed by atoms with Crippen molar-refractivity contribution in [3.8, 4) is 11.1 Å². The van der Waals surface area contributed by atoms with E-state index in [1.54, 1.807) is 12.4 Å². The van der Waals surface area contributed by atoms with E-state index >= 15 is 0 Å². The molecule has 0 aliphatic heterocycles. The molecule has 0 aliphatic rings. The van der Waals surface area contributed by atoms with Crippen molar-refractivity contribution in [2.75, 3.05) is 0 Å². The number of nitrogens with zero attached hydrogens (tertiary/aromatic N) is 2. The number of pyridine rings is 1. The van der Waals surface area contributed by atoms with Crippen molar-refractivity contribution in [2.45, 2.75) is 0 Å². The fourth-order valence-corrected chi connectivity index (χ4v) is 2.20. The smallest absolute Gasteiger partial charge is 0.155 e. The number of fused-ring (bicyclic) bond motifs is 1. The van der Waals surface area contributed by atoms with Gasteiger partial charge in [0.25, 0.3) is 0 Å². The Morgan fingerprint density at radius 1 is 1.24 bits per heavy atom. The zero-order chi connectivity index (χ0) is 11.8. The van der Waals surface area contributed by atoms with Gasteiger partial charge in [-0.1, -0.05) is 28.1 Å². The van der Waals surface area contributed by atoms with Crippen molar-refractivity contribution in [3.63, 3.8) is 0 Å². The molecule has 0 amide bonds. The Morgan fingerprint density at radius 2 is 2.12 bits per heavy atom. The maximum absolute atomic E-state index is 4.23. The summed E-state index contributed by atoms with van der Waals surface area (Å²) in [7, 11) is 0. The molecule has 4 heteroatoms. The van der Waals surface area contributed by atoms with Gasteiger partial charge in [0.2, 0.25) is 0 Å². The number of H-pyrrole nitrogens is 1. The molecule has 1 aromatic carbocycles. The van der Waals surface area contributed by atoms with Crippen LogP contribution in [0, 0.1) is 6.92 Å². The summed E-state index contributed by atoms with van der Waals surface area (Å²) >= 11 is 3.50. The summed E-state index contributed by atoms with van der Waals surface area (Å²) in [5.41, 5.74) is 4.02. The molecule has 2 heterocycles. The monoisotopic (exact) mass is 286 g/mol. The minimum atomic E-state index is 0.803. The molecule has 3 aromatic rings. The molecule has 1 radical (unpaired) electrons. The first-order chi connectivity index (χ1) is 8.25. The van der Waals surface area contributed by atoms with E-state index in [-0.39, 0.29) is 0 Å². The number of rotatable bonds is 1. The summed E-state index contributed by atoms with van der Waals surface area (Å²) in [4.78, 5) is 4.23. The lowest BCUT2D eigenvalue weighted by Crippen LogP contribution is -1.83. The summed E-state index contributed by atoms with van der Waals surface area (Å²) < 4.78 is 1.00. The van der Waals surface area contributed by atoms with E-state index in [4.69, 9.17) is 0 Å². The van der Waals surface area contributed by atoms with Crippen LogP contribution in [0.3, 0.4) is 0 Å². The summed E-state index contributed by atoms with van der Waals surface area (Å²) in [6.07, 6.45) is 3.57. The third-order valence-corrected chi connectivity index (χ3v) is 3.46. The highest BCUT2D eigenvalue weighted by Crippen LogP contribution is 2.29. The Kier molecular flexibility index (Phi) is 2.44. The first kappa shape index (κ1) is 10.5. The van der Waals surface area contributed by atoms with Crippen molar-refractivity contribution in [2.24, 2.45) is 0 Å². The largest absolute Gasteiger partial charge is 0.261 e. The highest BCUT2D eigenvalue weighted by Gasteiger charge is 2.07. The highest BCUT2D eigenvalue weighted by molar-refractivity contribution is 9.10. The Labute approximate surface area is 107 Å². The molecule has 0 saturated carbocycles. The predicted octanol–water partition coefficient (Wildman–Crippen LogP) is 3.57. The molecule has 17 heavy (non-hydrogen) atoms. The third-order valence-electron chi connectivity index (χ3n) is 2.72. The second-order valence-electron chi connectivity index (χ2n) is 3.80. The molecule has 0 saturated heterocycles. The van der Waals surface area contributed by atoms with Crippen LogP contribution in [0.15, 0.2) is 41.1 Å². The second-order valence-corrected chi connectivity index (χ2v) is 4.65. The number of benzene rings is 1. The van der Waals surface area contributed by atoms with Gasteiger partial charge in [-0.25, -0.2) is 4.98 Å². The quantitative estimate of drug-likeness (QED) is 0.743. The minimum absolute atomic E-state index is 0.803. The van der Waals surface area contributed by atoms with Gasteiger partial charge < -0.3 is 0 Å². The summed E-state index contributed by atoms with van der Waals surface area (Å²) in [5, 5.41) is 7.91. The first-order valence-corrected chi connectivity index (χ1v) is 5.95. The number of hydrogen-bond donors (Lipinski definition) is 1. The lowest BCUT2D eigenvalue weighted by atomic mass is 10.0. The maximum atomic E-state index is 4.23. The summed E-state index contributed by atoms with van der Waals surface area (Å²) in [5.74, 6) is 0. The number of hydrogen-bond acceptors (Lipinski definition) is 2. The SMILES string of the molecule is [CH2]c1ccc(-c2ccnc3[nH]ncc23)cc1Br. The normalized spacial score (nSPS) is 10.9. The van der Waals surface area contributed by atoms with Gasteiger partial charge in [-0.05, 0) is 35.7 Å². The van der Waals surface area contributed by atoms with Crippen molar-refractivity contribution in [3.05, 3.63) is 53.6 Å². The topological polar surface area (TPSA) is 41.6 Å². The summed E-state index contributed by atoms with van der Waals surface area (Å²) in [6, 6.07) is 8.09. The number of nitrogens with one attached hydrogen (secondary N) is 1. The van der Waals surface area contributed by atoms with E-state index in [0.29, 0.717) is 0 Å². The van der Waals surface area contributed by atoms with Crippen molar-refractivity contribution < 1.29 is 0 Å². The predicted molar refractivity (Wildman–Crippen MR) is 71.5 cm³/mol. The van der Waals surface area contributed by atoms with E-state index in [9.17, 15) is 0 Å². The van der Waals surface area contributed by atoms with Crippen LogP contribution in [0.2, 0.25) is 0 Å². The molecule has 0 bridgehead atoms. The molecule has 83 valence electrons. The zero-order valence-corrected chi connectivity index (χ0v) is 10.5. The van der Waals surface area contributed by atoms with E-state index in [2.05, 4.69) is 50.2 Å². The lowest BCUT2D eigenvalue weighted by Gasteiger charge is -2.05. The van der Waals surface area contributed by atoms with Crippen LogP contribution in [-0.2, 0) is 0 Å². The van der Waals surface area contributed by atoms with Gasteiger partial charge in [-0.3, -0.25) is 5.10 Å². The zero-order valence-electron chi connectivity index (χ0n) is 8.94. The van der Waals surface area contributed by atoms with Crippen LogP contribution in [0.25, 0.3) is 22.2 Å². The van der Waals surface area contributed by atoms with Crippen LogP contribution in [0.5, 0.6) is 0 Å². The molecular weight excluding hydrogens is 278 g/mol. The molecule has 0 unspecified atom stereocenters. The fraction of sp³-hybridized carbons (Fsp3) is 0. The first-order valence-electron chi connectivity index (χ1n) is 5.15. The Hall–Kier alpha value is -1.68. The fourth-order valence-electron chi connectivity index (χ4n) is 1.82. The van der Waals surface area contributed by atoms with Gasteiger partial charge >= 0.3 is 0 Å². The molecule has 0 spiro atoms. The molecule has 0 fully saturated rings. The Morgan fingerprint density at radius 3 is 2.94 bits per heavy atom. The molecule has 0 atom stereocenters. The Bertz CT molecular complexity index is 688. The van der Waals surface area contributed by atoms with E-state index < -0.39 is 0 Å². The van der Waals surface area contributed by atoms with Crippen LogP contribution in [-0.4, -0.2) is 15.2 Å². The van der Waals surface area contributed by atoms with E-state index in [1.165, 1.54) is 0 Å². The van der Waals surface area contributed by atoms with Gasteiger partial charge in [0.1, 0.15) is 0 Å². The van der Waals surface area contributed by atoms with E-state index in [1.807, 2.05) is 12.1 Å². The standard InChI is InChI=1S/C13H9BrN3/c1-8-2-3-9(6-12(8)14)10-4-5-15-13-11(10)7-16-17-13/h2-7H,1H2,(H,15,16,17). The average molecular weight is 287 g/mol. The van der Waals surface area contributed by atoms with Crippen LogP contribution in [0.1, 0.15) is 5.56 Å². The van der Waals surface area contributed by atoms with Gasteiger partial charge in [0.05, 0.1) is 6.20 Å². The van der Waals surface area contributed by atoms with Gasteiger partial charge in [-0.2, -0.15) is 5.10 Å². The van der Waals surface area contributed by atoms with Crippen molar-refractivity contribution in [1.82, 2.24) is 15.2 Å². The van der Waals surface area contributed by atoms with Gasteiger partial charge in [0, 0.05) is 16.1 Å². The molecule has 1 N–H and O–H groups in total. The number of aromatic amines is 1. The average Bonchev–Trinajstić information content (AvgIpc) is 2.80. The van der Waals surface area contributed by atoms with Crippen LogP contribution >= 0.6 is 15.9 Å². The lowest BCUT2D eigenvalue weighted by molar-refractivity contribution is 1.10. The Balaban J connectivity index is 2.26. The molecular formula is C13H9BrN3. The van der Waals surface area contributed by atoms with Crippen LogP contribution in [0.4, 0.5) is 0 Å². The minimum Gasteiger partial charge on any atom is -0.261 e. The molecule has 2 aromatic heterocycles. The number of aromatic nitrogens is 3. The third kappa shape index (κ3) is 1.74. The number of halogens is 1. The van der Waals surface area contributed by atoms with Crippen LogP contribution < -0.4 is 0 Å². The highest BCUT2D eigenvalue weighted by atomic mass is 79.9. The van der Waals surface area contributed by atoms with Gasteiger partial charge in [-0.15, -0.1) is 0 Å². The second kappa shape index (κ2) is 3.96.